The summed E-state index contributed by atoms with van der Waals surface area (Å²) in [7, 11) is 0. The Morgan fingerprint density at radius 2 is 1.89 bits per heavy atom. The number of β-amino-alcohol motifs (C(OH)–C–C–N with tert-alkyl or cyclic N) is 1. The number of hydrogen-bond acceptors (Lipinski definition) is 5. The molecule has 1 heterocycles. The van der Waals surface area contributed by atoms with E-state index in [1.807, 2.05) is 30.3 Å². The van der Waals surface area contributed by atoms with Crippen LogP contribution in [-0.2, 0) is 4.74 Å². The van der Waals surface area contributed by atoms with Crippen molar-refractivity contribution in [3.05, 3.63) is 60.2 Å². The summed E-state index contributed by atoms with van der Waals surface area (Å²) < 4.78 is 42.9. The van der Waals surface area contributed by atoms with Crippen LogP contribution in [0.15, 0.2) is 48.5 Å². The number of para-hydroxylation sites is 1. The van der Waals surface area contributed by atoms with Gasteiger partial charge in [-0.05, 0) is 24.3 Å². The first-order valence-corrected chi connectivity index (χ1v) is 8.88. The zero-order chi connectivity index (χ0) is 19.1. The van der Waals surface area contributed by atoms with Crippen molar-refractivity contribution in [2.24, 2.45) is 0 Å². The molecule has 1 fully saturated rings. The molecule has 0 radical (unpaired) electrons. The Balaban J connectivity index is 1.41. The highest BCUT2D eigenvalue weighted by molar-refractivity contribution is 5.23. The van der Waals surface area contributed by atoms with Gasteiger partial charge in [0.05, 0.1) is 6.61 Å². The Labute approximate surface area is 157 Å². The molecule has 0 saturated carbocycles. The molecular formula is C20H23F2NO4. The van der Waals surface area contributed by atoms with Gasteiger partial charge in [0.2, 0.25) is 0 Å². The molecule has 27 heavy (non-hydrogen) atoms. The molecule has 2 atom stereocenters. The van der Waals surface area contributed by atoms with Gasteiger partial charge in [-0.2, -0.15) is 0 Å². The average Bonchev–Trinajstić information content (AvgIpc) is 2.68. The van der Waals surface area contributed by atoms with Crippen LogP contribution >= 0.6 is 0 Å². The highest BCUT2D eigenvalue weighted by Crippen LogP contribution is 2.17. The predicted molar refractivity (Wildman–Crippen MR) is 96.0 cm³/mol. The van der Waals surface area contributed by atoms with E-state index < -0.39 is 17.7 Å². The van der Waals surface area contributed by atoms with E-state index >= 15 is 0 Å². The van der Waals surface area contributed by atoms with Crippen LogP contribution in [0.1, 0.15) is 0 Å². The van der Waals surface area contributed by atoms with E-state index in [9.17, 15) is 13.9 Å². The van der Waals surface area contributed by atoms with Gasteiger partial charge in [-0.1, -0.05) is 18.2 Å². The van der Waals surface area contributed by atoms with Gasteiger partial charge < -0.3 is 19.3 Å². The Morgan fingerprint density at radius 3 is 2.67 bits per heavy atom. The molecule has 0 amide bonds. The monoisotopic (exact) mass is 379 g/mol. The maximum atomic E-state index is 13.2. The molecule has 1 N–H and O–H groups in total. The van der Waals surface area contributed by atoms with E-state index in [0.717, 1.165) is 17.9 Å². The van der Waals surface area contributed by atoms with Crippen molar-refractivity contribution in [1.82, 2.24) is 4.90 Å². The van der Waals surface area contributed by atoms with Crippen molar-refractivity contribution in [2.45, 2.75) is 12.2 Å². The van der Waals surface area contributed by atoms with E-state index in [1.165, 1.54) is 6.07 Å². The largest absolute Gasteiger partial charge is 0.491 e. The minimum atomic E-state index is -0.944. The second-order valence-corrected chi connectivity index (χ2v) is 6.42. The molecule has 7 heteroatoms. The van der Waals surface area contributed by atoms with Crippen molar-refractivity contribution in [3.8, 4) is 11.5 Å². The van der Waals surface area contributed by atoms with Crippen molar-refractivity contribution < 1.29 is 28.1 Å². The minimum absolute atomic E-state index is 0.206. The number of nitrogens with zero attached hydrogens (tertiary/aromatic N) is 1. The summed E-state index contributed by atoms with van der Waals surface area (Å²) in [6.45, 7) is 2.67. The molecule has 3 rings (SSSR count). The zero-order valence-electron chi connectivity index (χ0n) is 14.9. The molecule has 0 bridgehead atoms. The van der Waals surface area contributed by atoms with Crippen LogP contribution in [0.3, 0.4) is 0 Å². The topological polar surface area (TPSA) is 51.2 Å². The molecule has 2 aromatic rings. The third-order valence-corrected chi connectivity index (χ3v) is 4.20. The second kappa shape index (κ2) is 9.64. The van der Waals surface area contributed by atoms with Gasteiger partial charge in [0, 0.05) is 25.7 Å². The SMILES string of the molecule is OC(COc1ccccc1)CN1CCOC(COc2ccc(F)c(F)c2)C1. The Kier molecular flexibility index (Phi) is 6.98. The summed E-state index contributed by atoms with van der Waals surface area (Å²) in [6, 6.07) is 12.8. The number of morpholine rings is 1. The van der Waals surface area contributed by atoms with E-state index in [4.69, 9.17) is 14.2 Å². The molecule has 2 unspecified atom stereocenters. The second-order valence-electron chi connectivity index (χ2n) is 6.42. The summed E-state index contributed by atoms with van der Waals surface area (Å²) in [5, 5.41) is 10.2. The fourth-order valence-corrected chi connectivity index (χ4v) is 2.86. The van der Waals surface area contributed by atoms with E-state index in [-0.39, 0.29) is 25.1 Å². The van der Waals surface area contributed by atoms with Gasteiger partial charge >= 0.3 is 0 Å². The molecule has 0 aromatic heterocycles. The third kappa shape index (κ3) is 6.16. The fraction of sp³-hybridized carbons (Fsp3) is 0.400. The number of halogens is 2. The summed E-state index contributed by atoms with van der Waals surface area (Å²) in [5.74, 6) is -0.878. The van der Waals surface area contributed by atoms with Crippen LogP contribution in [0.4, 0.5) is 8.78 Å². The number of aliphatic hydroxyl groups is 1. The Bertz CT molecular complexity index is 716. The van der Waals surface area contributed by atoms with Crippen LogP contribution in [-0.4, -0.2) is 61.7 Å². The molecule has 146 valence electrons. The fourth-order valence-electron chi connectivity index (χ4n) is 2.86. The first-order chi connectivity index (χ1) is 13.1. The molecule has 2 aromatic carbocycles. The van der Waals surface area contributed by atoms with E-state index in [2.05, 4.69) is 4.90 Å². The van der Waals surface area contributed by atoms with Gasteiger partial charge in [0.1, 0.15) is 36.9 Å². The van der Waals surface area contributed by atoms with Crippen molar-refractivity contribution >= 4 is 0 Å². The summed E-state index contributed by atoms with van der Waals surface area (Å²) in [4.78, 5) is 2.07. The van der Waals surface area contributed by atoms with Gasteiger partial charge in [-0.25, -0.2) is 8.78 Å². The molecule has 0 spiro atoms. The molecule has 1 aliphatic heterocycles. The zero-order valence-corrected chi connectivity index (χ0v) is 14.9. The van der Waals surface area contributed by atoms with E-state index in [1.54, 1.807) is 0 Å². The smallest absolute Gasteiger partial charge is 0.162 e. The lowest BCUT2D eigenvalue weighted by Gasteiger charge is -2.33. The van der Waals surface area contributed by atoms with Crippen LogP contribution < -0.4 is 9.47 Å². The number of hydrogen-bond donors (Lipinski definition) is 1. The van der Waals surface area contributed by atoms with Gasteiger partial charge in [0.25, 0.3) is 0 Å². The number of rotatable bonds is 8. The molecular weight excluding hydrogens is 356 g/mol. The lowest BCUT2D eigenvalue weighted by Crippen LogP contribution is -2.48. The molecule has 1 aliphatic rings. The van der Waals surface area contributed by atoms with Crippen LogP contribution in [0.2, 0.25) is 0 Å². The Hall–Kier alpha value is -2.22. The normalized spacial score (nSPS) is 18.9. The van der Waals surface area contributed by atoms with Crippen LogP contribution in [0, 0.1) is 11.6 Å². The van der Waals surface area contributed by atoms with Crippen molar-refractivity contribution in [1.29, 1.82) is 0 Å². The summed E-state index contributed by atoms with van der Waals surface area (Å²) in [5.41, 5.74) is 0. The third-order valence-electron chi connectivity index (χ3n) is 4.20. The first kappa shape index (κ1) is 19.5. The number of ether oxygens (including phenoxy) is 3. The van der Waals surface area contributed by atoms with Crippen molar-refractivity contribution in [2.75, 3.05) is 39.5 Å². The van der Waals surface area contributed by atoms with Crippen LogP contribution in [0.5, 0.6) is 11.5 Å². The molecule has 5 nitrogen and oxygen atoms in total. The maximum absolute atomic E-state index is 13.2. The summed E-state index contributed by atoms with van der Waals surface area (Å²) >= 11 is 0. The molecule has 1 saturated heterocycles. The van der Waals surface area contributed by atoms with Gasteiger partial charge in [0.15, 0.2) is 11.6 Å². The standard InChI is InChI=1S/C20H23F2NO4/c21-19-7-6-17(10-20(19)22)27-14-18-12-23(8-9-25-18)11-15(24)13-26-16-4-2-1-3-5-16/h1-7,10,15,18,24H,8-9,11-14H2. The average molecular weight is 379 g/mol. The van der Waals surface area contributed by atoms with Crippen LogP contribution in [0.25, 0.3) is 0 Å². The maximum Gasteiger partial charge on any atom is 0.162 e. The first-order valence-electron chi connectivity index (χ1n) is 8.88. The van der Waals surface area contributed by atoms with Gasteiger partial charge in [-0.15, -0.1) is 0 Å². The van der Waals surface area contributed by atoms with E-state index in [0.29, 0.717) is 26.2 Å². The minimum Gasteiger partial charge on any atom is -0.491 e. The molecule has 0 aliphatic carbocycles. The highest BCUT2D eigenvalue weighted by Gasteiger charge is 2.23. The quantitative estimate of drug-likeness (QED) is 0.764. The Morgan fingerprint density at radius 1 is 1.07 bits per heavy atom. The predicted octanol–water partition coefficient (Wildman–Crippen LogP) is 2.48. The van der Waals surface area contributed by atoms with Gasteiger partial charge in [-0.3, -0.25) is 4.90 Å². The summed E-state index contributed by atoms with van der Waals surface area (Å²) in [6.07, 6.45) is -0.842. The number of benzene rings is 2. The number of aliphatic hydroxyl groups excluding tert-OH is 1. The lowest BCUT2D eigenvalue weighted by atomic mass is 10.2. The highest BCUT2D eigenvalue weighted by atomic mass is 19.2. The lowest BCUT2D eigenvalue weighted by molar-refractivity contribution is -0.0601. The van der Waals surface area contributed by atoms with Crippen molar-refractivity contribution in [3.63, 3.8) is 0 Å².